The Hall–Kier alpha value is -1.22. The number of benzene rings is 1. The molecule has 0 amide bonds. The largest absolute Gasteiger partial charge is 0.371 e. The third-order valence-corrected chi connectivity index (χ3v) is 3.15. The van der Waals surface area contributed by atoms with Crippen LogP contribution in [0.3, 0.4) is 0 Å². The van der Waals surface area contributed by atoms with Gasteiger partial charge in [0, 0.05) is 32.7 Å². The summed E-state index contributed by atoms with van der Waals surface area (Å²) in [7, 11) is 2.14. The van der Waals surface area contributed by atoms with Crippen LogP contribution >= 0.6 is 0 Å². The Morgan fingerprint density at radius 2 is 1.93 bits per heavy atom. The first-order chi connectivity index (χ1) is 7.24. The summed E-state index contributed by atoms with van der Waals surface area (Å²) >= 11 is 0. The highest BCUT2D eigenvalue weighted by atomic mass is 15.3. The fraction of sp³-hybridized carbons (Fsp3) is 0.500. The van der Waals surface area contributed by atoms with Crippen molar-refractivity contribution in [2.24, 2.45) is 5.73 Å². The lowest BCUT2D eigenvalue weighted by Crippen LogP contribution is -2.46. The van der Waals surface area contributed by atoms with Crippen molar-refractivity contribution in [3.8, 4) is 0 Å². The Morgan fingerprint density at radius 3 is 2.60 bits per heavy atom. The number of nitrogens with zero attached hydrogens (tertiary/aromatic N) is 2. The van der Waals surface area contributed by atoms with Crippen LogP contribution in [-0.4, -0.2) is 32.7 Å². The summed E-state index contributed by atoms with van der Waals surface area (Å²) in [4.78, 5) is 4.70. The van der Waals surface area contributed by atoms with Gasteiger partial charge in [0.25, 0.3) is 0 Å². The monoisotopic (exact) mass is 205 g/mol. The predicted molar refractivity (Wildman–Crippen MR) is 65.6 cm³/mol. The molecule has 0 spiro atoms. The Bertz CT molecular complexity index is 337. The second kappa shape index (κ2) is 4.11. The van der Waals surface area contributed by atoms with E-state index in [0.29, 0.717) is 12.6 Å². The molecule has 3 nitrogen and oxygen atoms in total. The zero-order chi connectivity index (χ0) is 10.8. The molecule has 0 saturated heterocycles. The highest BCUT2D eigenvalue weighted by molar-refractivity contribution is 5.73. The molecule has 1 aliphatic rings. The molecule has 82 valence electrons. The first-order valence-electron chi connectivity index (χ1n) is 5.51. The molecule has 1 aromatic carbocycles. The number of para-hydroxylation sites is 2. The van der Waals surface area contributed by atoms with Crippen LogP contribution in [-0.2, 0) is 0 Å². The molecule has 2 N–H and O–H groups in total. The predicted octanol–water partition coefficient (Wildman–Crippen LogP) is 1.29. The van der Waals surface area contributed by atoms with Crippen molar-refractivity contribution in [1.29, 1.82) is 0 Å². The van der Waals surface area contributed by atoms with E-state index >= 15 is 0 Å². The summed E-state index contributed by atoms with van der Waals surface area (Å²) in [5, 5.41) is 0. The van der Waals surface area contributed by atoms with Crippen LogP contribution in [0.2, 0.25) is 0 Å². The number of anilines is 2. The fourth-order valence-electron chi connectivity index (χ4n) is 2.11. The Labute approximate surface area is 91.5 Å². The van der Waals surface area contributed by atoms with Crippen molar-refractivity contribution in [1.82, 2.24) is 0 Å². The lowest BCUT2D eigenvalue weighted by molar-refractivity contribution is 0.622. The lowest BCUT2D eigenvalue weighted by Gasteiger charge is -2.40. The maximum atomic E-state index is 5.74. The number of fused-ring (bicyclic) bond motifs is 1. The third kappa shape index (κ3) is 1.79. The molecule has 0 bridgehead atoms. The van der Waals surface area contributed by atoms with Crippen molar-refractivity contribution in [3.05, 3.63) is 24.3 Å². The van der Waals surface area contributed by atoms with Crippen LogP contribution in [0.15, 0.2) is 24.3 Å². The average Bonchev–Trinajstić information content (AvgIpc) is 2.29. The molecule has 3 heteroatoms. The highest BCUT2D eigenvalue weighted by Gasteiger charge is 2.22. The lowest BCUT2D eigenvalue weighted by atomic mass is 10.1. The first kappa shape index (κ1) is 10.3. The van der Waals surface area contributed by atoms with Gasteiger partial charge in [0.1, 0.15) is 0 Å². The normalized spacial score (nSPS) is 17.5. The van der Waals surface area contributed by atoms with Crippen LogP contribution in [0.1, 0.15) is 6.92 Å². The Balaban J connectivity index is 2.36. The van der Waals surface area contributed by atoms with Gasteiger partial charge in [0.15, 0.2) is 0 Å². The molecule has 1 unspecified atom stereocenters. The van der Waals surface area contributed by atoms with Crippen LogP contribution < -0.4 is 15.5 Å². The van der Waals surface area contributed by atoms with Crippen molar-refractivity contribution in [3.63, 3.8) is 0 Å². The molecule has 0 radical (unpaired) electrons. The van der Waals surface area contributed by atoms with Gasteiger partial charge in [-0.15, -0.1) is 0 Å². The molecule has 1 atom stereocenters. The summed E-state index contributed by atoms with van der Waals surface area (Å²) in [5.41, 5.74) is 8.36. The van der Waals surface area contributed by atoms with E-state index in [4.69, 9.17) is 5.73 Å². The van der Waals surface area contributed by atoms with E-state index in [2.05, 4.69) is 48.0 Å². The number of hydrogen-bond acceptors (Lipinski definition) is 3. The van der Waals surface area contributed by atoms with Gasteiger partial charge in [-0.25, -0.2) is 0 Å². The summed E-state index contributed by atoms with van der Waals surface area (Å²) in [5.74, 6) is 0. The van der Waals surface area contributed by atoms with Gasteiger partial charge in [0.05, 0.1) is 11.4 Å². The molecule has 1 heterocycles. The van der Waals surface area contributed by atoms with Crippen molar-refractivity contribution < 1.29 is 0 Å². The quantitative estimate of drug-likeness (QED) is 0.789. The molecular weight excluding hydrogens is 186 g/mol. The summed E-state index contributed by atoms with van der Waals surface area (Å²) in [6.45, 7) is 5.02. The van der Waals surface area contributed by atoms with E-state index in [-0.39, 0.29) is 0 Å². The van der Waals surface area contributed by atoms with Crippen LogP contribution in [0.5, 0.6) is 0 Å². The van der Waals surface area contributed by atoms with Gasteiger partial charge in [0.2, 0.25) is 0 Å². The molecule has 0 aliphatic carbocycles. The third-order valence-electron chi connectivity index (χ3n) is 3.15. The highest BCUT2D eigenvalue weighted by Crippen LogP contribution is 2.32. The Morgan fingerprint density at radius 1 is 1.27 bits per heavy atom. The summed E-state index contributed by atoms with van der Waals surface area (Å²) < 4.78 is 0. The SMILES string of the molecule is CC(CN)N1CCN(C)c2ccccc21. The van der Waals surface area contributed by atoms with Crippen LogP contribution in [0.4, 0.5) is 11.4 Å². The standard InChI is InChI=1S/C12H19N3/c1-10(9-13)15-8-7-14(2)11-5-3-4-6-12(11)15/h3-6,10H,7-9,13H2,1-2H3. The van der Waals surface area contributed by atoms with Crippen molar-refractivity contribution >= 4 is 11.4 Å². The number of likely N-dealkylation sites (N-methyl/N-ethyl adjacent to an activating group) is 1. The molecule has 0 fully saturated rings. The van der Waals surface area contributed by atoms with Gasteiger partial charge < -0.3 is 15.5 Å². The van der Waals surface area contributed by atoms with Crippen molar-refractivity contribution in [2.45, 2.75) is 13.0 Å². The molecular formula is C12H19N3. The zero-order valence-electron chi connectivity index (χ0n) is 9.48. The molecule has 1 aliphatic heterocycles. The van der Waals surface area contributed by atoms with Gasteiger partial charge in [-0.1, -0.05) is 12.1 Å². The molecule has 15 heavy (non-hydrogen) atoms. The number of hydrogen-bond donors (Lipinski definition) is 1. The topological polar surface area (TPSA) is 32.5 Å². The van der Waals surface area contributed by atoms with E-state index in [1.54, 1.807) is 0 Å². The van der Waals surface area contributed by atoms with Gasteiger partial charge in [-0.3, -0.25) is 0 Å². The Kier molecular flexibility index (Phi) is 2.82. The molecule has 0 saturated carbocycles. The minimum absolute atomic E-state index is 0.417. The van der Waals surface area contributed by atoms with E-state index < -0.39 is 0 Å². The maximum Gasteiger partial charge on any atom is 0.0607 e. The van der Waals surface area contributed by atoms with Gasteiger partial charge >= 0.3 is 0 Å². The van der Waals surface area contributed by atoms with Gasteiger partial charge in [-0.2, -0.15) is 0 Å². The summed E-state index contributed by atoms with van der Waals surface area (Å²) in [6.07, 6.45) is 0. The summed E-state index contributed by atoms with van der Waals surface area (Å²) in [6, 6.07) is 8.95. The van der Waals surface area contributed by atoms with Crippen LogP contribution in [0.25, 0.3) is 0 Å². The number of rotatable bonds is 2. The molecule has 1 aromatic rings. The van der Waals surface area contributed by atoms with Crippen molar-refractivity contribution in [2.75, 3.05) is 36.5 Å². The molecule has 0 aromatic heterocycles. The first-order valence-corrected chi connectivity index (χ1v) is 5.51. The fourth-order valence-corrected chi connectivity index (χ4v) is 2.11. The number of nitrogens with two attached hydrogens (primary N) is 1. The van der Waals surface area contributed by atoms with Crippen LogP contribution in [0, 0.1) is 0 Å². The minimum atomic E-state index is 0.417. The van der Waals surface area contributed by atoms with E-state index in [1.165, 1.54) is 11.4 Å². The van der Waals surface area contributed by atoms with E-state index in [0.717, 1.165) is 13.1 Å². The minimum Gasteiger partial charge on any atom is -0.371 e. The second-order valence-corrected chi connectivity index (χ2v) is 4.19. The van der Waals surface area contributed by atoms with Gasteiger partial charge in [-0.05, 0) is 19.1 Å². The average molecular weight is 205 g/mol. The molecule has 2 rings (SSSR count). The second-order valence-electron chi connectivity index (χ2n) is 4.19. The smallest absolute Gasteiger partial charge is 0.0607 e. The zero-order valence-corrected chi connectivity index (χ0v) is 9.48. The van der Waals surface area contributed by atoms with E-state index in [1.807, 2.05) is 0 Å². The van der Waals surface area contributed by atoms with E-state index in [9.17, 15) is 0 Å². The maximum absolute atomic E-state index is 5.74.